The standard InChI is InChI=1S/C32H38N2OS2/c1-7-9-11-23(12-10-8-2)35-24-13-19(3)31(20(4)14-24)32(27-17-29-25(33-27)15-21(5)36-29)28-18-30-26(34-28)16-22(6)37-30/h13-18,23,33H,7-12H2,1-6H3/b32-28+. The number of aromatic nitrogens is 1. The zero-order valence-electron chi connectivity index (χ0n) is 23.0. The molecular weight excluding hydrogens is 492 g/mol. The molecule has 37 heavy (non-hydrogen) atoms. The number of rotatable bonds is 10. The lowest BCUT2D eigenvalue weighted by molar-refractivity contribution is 0.174. The van der Waals surface area contributed by atoms with Crippen molar-refractivity contribution in [2.45, 2.75) is 86.2 Å². The minimum absolute atomic E-state index is 0.290. The molecule has 1 aromatic carbocycles. The molecule has 5 heteroatoms. The normalized spacial score (nSPS) is 14.2. The van der Waals surface area contributed by atoms with Crippen LogP contribution in [0, 0.1) is 27.7 Å². The largest absolute Gasteiger partial charge is 0.490 e. The number of allylic oxidation sites excluding steroid dienone is 1. The van der Waals surface area contributed by atoms with E-state index in [0.29, 0.717) is 6.10 Å². The van der Waals surface area contributed by atoms with E-state index in [9.17, 15) is 0 Å². The Balaban J connectivity index is 1.59. The molecule has 0 bridgehead atoms. The highest BCUT2D eigenvalue weighted by atomic mass is 32.1. The van der Waals surface area contributed by atoms with E-state index in [1.165, 1.54) is 72.5 Å². The minimum atomic E-state index is 0.290. The summed E-state index contributed by atoms with van der Waals surface area (Å²) in [5, 5.41) is 1.09. The van der Waals surface area contributed by atoms with Crippen LogP contribution in [0.5, 0.6) is 5.75 Å². The van der Waals surface area contributed by atoms with Crippen LogP contribution in [0.3, 0.4) is 0 Å². The molecule has 0 radical (unpaired) electrons. The van der Waals surface area contributed by atoms with Gasteiger partial charge >= 0.3 is 0 Å². The monoisotopic (exact) mass is 530 g/mol. The van der Waals surface area contributed by atoms with Crippen molar-refractivity contribution in [3.63, 3.8) is 0 Å². The number of nitrogens with zero attached hydrogens (tertiary/aromatic N) is 1. The summed E-state index contributed by atoms with van der Waals surface area (Å²) in [5.41, 5.74) is 8.25. The van der Waals surface area contributed by atoms with Gasteiger partial charge in [0, 0.05) is 15.3 Å². The molecule has 4 aromatic rings. The van der Waals surface area contributed by atoms with Crippen molar-refractivity contribution >= 4 is 44.5 Å². The van der Waals surface area contributed by atoms with E-state index in [4.69, 9.17) is 9.73 Å². The van der Waals surface area contributed by atoms with Crippen LogP contribution in [0.15, 0.2) is 41.0 Å². The average Bonchev–Trinajstić information content (AvgIpc) is 3.57. The molecule has 4 heterocycles. The van der Waals surface area contributed by atoms with E-state index in [2.05, 4.69) is 82.9 Å². The fraction of sp³-hybridized carbons (Fsp3) is 0.406. The first-order chi connectivity index (χ1) is 17.9. The number of benzene rings is 1. The Labute approximate surface area is 228 Å². The first-order valence-electron chi connectivity index (χ1n) is 13.6. The molecule has 0 atom stereocenters. The van der Waals surface area contributed by atoms with Crippen LogP contribution in [0.1, 0.15) is 84.5 Å². The number of ether oxygens (including phenoxy) is 1. The summed E-state index contributed by atoms with van der Waals surface area (Å²) in [4.78, 5) is 11.4. The Morgan fingerprint density at radius 1 is 0.892 bits per heavy atom. The molecule has 0 saturated heterocycles. The van der Waals surface area contributed by atoms with E-state index < -0.39 is 0 Å². The first kappa shape index (κ1) is 26.0. The number of aryl methyl sites for hydroxylation is 4. The van der Waals surface area contributed by atoms with Gasteiger partial charge in [0.2, 0.25) is 0 Å². The highest BCUT2D eigenvalue weighted by Gasteiger charge is 2.21. The van der Waals surface area contributed by atoms with Crippen LogP contribution < -0.4 is 14.6 Å². The number of H-pyrrole nitrogens is 1. The Bertz CT molecular complexity index is 1480. The van der Waals surface area contributed by atoms with Gasteiger partial charge in [0.1, 0.15) is 5.75 Å². The zero-order chi connectivity index (χ0) is 26.1. The van der Waals surface area contributed by atoms with Crippen molar-refractivity contribution in [1.82, 2.24) is 4.98 Å². The number of thiophene rings is 2. The highest BCUT2D eigenvalue weighted by molar-refractivity contribution is 7.19. The summed E-state index contributed by atoms with van der Waals surface area (Å²) in [6.07, 6.45) is 9.64. The van der Waals surface area contributed by atoms with Crippen LogP contribution >= 0.6 is 22.7 Å². The third-order valence-electron chi connectivity index (χ3n) is 7.14. The maximum absolute atomic E-state index is 6.59. The maximum Gasteiger partial charge on any atom is 0.120 e. The van der Waals surface area contributed by atoms with Crippen molar-refractivity contribution in [3.05, 3.63) is 78.1 Å². The highest BCUT2D eigenvalue weighted by Crippen LogP contribution is 2.38. The van der Waals surface area contributed by atoms with Gasteiger partial charge in [0.05, 0.1) is 37.6 Å². The van der Waals surface area contributed by atoms with Crippen LogP contribution in [0.4, 0.5) is 0 Å². The van der Waals surface area contributed by atoms with E-state index >= 15 is 0 Å². The third kappa shape index (κ3) is 5.49. The van der Waals surface area contributed by atoms with Crippen molar-refractivity contribution in [2.75, 3.05) is 0 Å². The Kier molecular flexibility index (Phi) is 7.73. The smallest absolute Gasteiger partial charge is 0.120 e. The molecule has 0 amide bonds. The zero-order valence-corrected chi connectivity index (χ0v) is 24.6. The van der Waals surface area contributed by atoms with Gasteiger partial charge in [-0.2, -0.15) is 0 Å². The van der Waals surface area contributed by atoms with E-state index in [0.717, 1.165) is 35.3 Å². The molecule has 0 spiro atoms. The molecule has 1 aliphatic rings. The quantitative estimate of drug-likeness (QED) is 0.219. The number of hydrogen-bond acceptors (Lipinski definition) is 4. The number of aromatic amines is 1. The van der Waals surface area contributed by atoms with Crippen LogP contribution in [0.25, 0.3) is 21.9 Å². The van der Waals surface area contributed by atoms with Crippen molar-refractivity contribution in [1.29, 1.82) is 0 Å². The summed E-state index contributed by atoms with van der Waals surface area (Å²) in [7, 11) is 0. The summed E-state index contributed by atoms with van der Waals surface area (Å²) < 4.78 is 9.13. The van der Waals surface area contributed by atoms with E-state index in [1.54, 1.807) is 0 Å². The predicted octanol–water partition coefficient (Wildman–Crippen LogP) is 8.53. The molecule has 194 valence electrons. The summed E-state index contributed by atoms with van der Waals surface area (Å²) in [6, 6.07) is 11.2. The van der Waals surface area contributed by atoms with Crippen molar-refractivity contribution in [3.8, 4) is 5.75 Å². The van der Waals surface area contributed by atoms with Gasteiger partial charge in [0.25, 0.3) is 0 Å². The van der Waals surface area contributed by atoms with E-state index in [1.807, 2.05) is 22.7 Å². The van der Waals surface area contributed by atoms with E-state index in [-0.39, 0.29) is 0 Å². The first-order valence-corrected chi connectivity index (χ1v) is 15.3. The second-order valence-electron chi connectivity index (χ2n) is 10.4. The summed E-state index contributed by atoms with van der Waals surface area (Å²) in [5.74, 6) is 0.991. The van der Waals surface area contributed by atoms with Gasteiger partial charge in [-0.3, -0.25) is 0 Å². The molecule has 3 aromatic heterocycles. The molecular formula is C32H38N2OS2. The topological polar surface area (TPSA) is 37.4 Å². The third-order valence-corrected chi connectivity index (χ3v) is 9.13. The fourth-order valence-corrected chi connectivity index (χ4v) is 7.23. The SMILES string of the molecule is CCCCC(CCCC)Oc1cc(C)c(/C(=C2\C=c3sc(C)cc3=N2)c2cc3sc(C)cc3[nH]2)c(C)c1. The lowest BCUT2D eigenvalue weighted by Crippen LogP contribution is -2.17. The van der Waals surface area contributed by atoms with Crippen LogP contribution in [-0.2, 0) is 0 Å². The van der Waals surface area contributed by atoms with Crippen molar-refractivity contribution < 1.29 is 4.74 Å². The molecule has 0 aliphatic carbocycles. The number of fused-ring (bicyclic) bond motifs is 2. The minimum Gasteiger partial charge on any atom is -0.490 e. The molecule has 5 rings (SSSR count). The summed E-state index contributed by atoms with van der Waals surface area (Å²) >= 11 is 3.65. The molecule has 1 N–H and O–H groups in total. The maximum atomic E-state index is 6.59. The Morgan fingerprint density at radius 3 is 2.19 bits per heavy atom. The second-order valence-corrected chi connectivity index (χ2v) is 13.0. The number of hydrogen-bond donors (Lipinski definition) is 1. The van der Waals surface area contributed by atoms with Gasteiger partial charge in [-0.25, -0.2) is 4.99 Å². The Morgan fingerprint density at radius 2 is 1.57 bits per heavy atom. The van der Waals surface area contributed by atoms with Crippen molar-refractivity contribution in [2.24, 2.45) is 4.99 Å². The number of nitrogens with one attached hydrogen (secondary N) is 1. The summed E-state index contributed by atoms with van der Waals surface area (Å²) in [6.45, 7) is 13.3. The predicted molar refractivity (Wildman–Crippen MR) is 161 cm³/mol. The molecule has 0 unspecified atom stereocenters. The molecule has 1 aliphatic heterocycles. The molecule has 0 saturated carbocycles. The van der Waals surface area contributed by atoms with Gasteiger partial charge in [0.15, 0.2) is 0 Å². The molecule has 0 fully saturated rings. The van der Waals surface area contributed by atoms with Crippen LogP contribution in [0.2, 0.25) is 0 Å². The lowest BCUT2D eigenvalue weighted by Gasteiger charge is -2.22. The van der Waals surface area contributed by atoms with Gasteiger partial charge in [-0.15, -0.1) is 22.7 Å². The van der Waals surface area contributed by atoms with Crippen LogP contribution in [-0.4, -0.2) is 11.1 Å². The number of unbranched alkanes of at least 4 members (excludes halogenated alkanes) is 2. The fourth-order valence-electron chi connectivity index (χ4n) is 5.41. The lowest BCUT2D eigenvalue weighted by atomic mass is 9.91. The van der Waals surface area contributed by atoms with Gasteiger partial charge in [-0.1, -0.05) is 39.5 Å². The average molecular weight is 531 g/mol. The Hall–Kier alpha value is -2.63. The second kappa shape index (κ2) is 11.0. The van der Waals surface area contributed by atoms with Gasteiger partial charge < -0.3 is 9.72 Å². The molecule has 3 nitrogen and oxygen atoms in total. The van der Waals surface area contributed by atoms with Gasteiger partial charge in [-0.05, 0) is 93.6 Å².